The van der Waals surface area contributed by atoms with Gasteiger partial charge in [0.1, 0.15) is 5.82 Å². The van der Waals surface area contributed by atoms with Gasteiger partial charge in [0.15, 0.2) is 5.69 Å². The van der Waals surface area contributed by atoms with Crippen LogP contribution in [0.2, 0.25) is 10.0 Å². The van der Waals surface area contributed by atoms with Crippen LogP contribution in [0.3, 0.4) is 0 Å². The van der Waals surface area contributed by atoms with Gasteiger partial charge in [-0.3, -0.25) is 14.6 Å². The van der Waals surface area contributed by atoms with Gasteiger partial charge in [-0.1, -0.05) is 47.5 Å². The fourth-order valence-corrected chi connectivity index (χ4v) is 3.67. The van der Waals surface area contributed by atoms with Crippen LogP contribution >= 0.6 is 23.2 Å². The molecule has 0 fully saturated rings. The Kier molecular flexibility index (Phi) is 6.20. The molecular weight excluding hydrogens is 449 g/mol. The Labute approximate surface area is 194 Å². The molecule has 4 aromatic rings. The maximum atomic E-state index is 13.2. The molecule has 7 nitrogen and oxygen atoms in total. The van der Waals surface area contributed by atoms with E-state index in [4.69, 9.17) is 23.2 Å². The minimum absolute atomic E-state index is 0.156. The maximum absolute atomic E-state index is 13.2. The highest BCUT2D eigenvalue weighted by Gasteiger charge is 2.20. The molecule has 0 bridgehead atoms. The van der Waals surface area contributed by atoms with Gasteiger partial charge in [0.25, 0.3) is 11.8 Å². The zero-order valence-electron chi connectivity index (χ0n) is 16.8. The summed E-state index contributed by atoms with van der Waals surface area (Å²) < 4.78 is 1.48. The summed E-state index contributed by atoms with van der Waals surface area (Å²) in [6, 6.07) is 19.1. The molecule has 4 rings (SSSR count). The summed E-state index contributed by atoms with van der Waals surface area (Å²) in [5, 5.41) is 10.2. The molecule has 0 aliphatic rings. The number of carbonyl (C=O) groups is 2. The number of amides is 2. The molecule has 0 saturated carbocycles. The third kappa shape index (κ3) is 4.34. The Bertz CT molecular complexity index is 1290. The molecule has 2 aromatic carbocycles. The Morgan fingerprint density at radius 1 is 0.906 bits per heavy atom. The van der Waals surface area contributed by atoms with Crippen molar-refractivity contribution in [1.29, 1.82) is 0 Å². The molecular formula is C23H17Cl2N5O2. The zero-order valence-corrected chi connectivity index (χ0v) is 18.4. The van der Waals surface area contributed by atoms with E-state index in [1.54, 1.807) is 24.4 Å². The van der Waals surface area contributed by atoms with Crippen molar-refractivity contribution in [3.63, 3.8) is 0 Å². The highest BCUT2D eigenvalue weighted by atomic mass is 35.5. The average Bonchev–Trinajstić information content (AvgIpc) is 3.23. The minimum Gasteiger partial charge on any atom is -0.354 e. The number of rotatable bonds is 5. The van der Waals surface area contributed by atoms with E-state index >= 15 is 0 Å². The number of carbonyl (C=O) groups excluding carboxylic acids is 2. The van der Waals surface area contributed by atoms with Crippen molar-refractivity contribution in [2.24, 2.45) is 0 Å². The summed E-state index contributed by atoms with van der Waals surface area (Å²) in [6.07, 6.45) is 1.64. The van der Waals surface area contributed by atoms with Crippen LogP contribution in [-0.2, 0) is 0 Å². The summed E-state index contributed by atoms with van der Waals surface area (Å²) in [5.74, 6) is -0.549. The van der Waals surface area contributed by atoms with E-state index in [9.17, 15) is 9.59 Å². The van der Waals surface area contributed by atoms with Crippen molar-refractivity contribution in [2.75, 3.05) is 12.4 Å². The second-order valence-corrected chi connectivity index (χ2v) is 7.54. The molecule has 0 aliphatic heterocycles. The Hall–Kier alpha value is -3.68. The first kappa shape index (κ1) is 21.5. The second kappa shape index (κ2) is 9.21. The van der Waals surface area contributed by atoms with Crippen molar-refractivity contribution in [3.8, 4) is 16.9 Å². The van der Waals surface area contributed by atoms with Crippen molar-refractivity contribution in [1.82, 2.24) is 20.1 Å². The third-order valence-electron chi connectivity index (χ3n) is 4.65. The predicted molar refractivity (Wildman–Crippen MR) is 125 cm³/mol. The van der Waals surface area contributed by atoms with E-state index in [1.165, 1.54) is 23.9 Å². The summed E-state index contributed by atoms with van der Waals surface area (Å²) in [6.45, 7) is 0. The SMILES string of the molecule is CNC(=O)c1cc(NC(=O)c2cc(-c3ccccn3)c(Cl)cc2Cl)n(-c2ccccc2)n1. The van der Waals surface area contributed by atoms with Crippen LogP contribution in [0.15, 0.2) is 72.9 Å². The van der Waals surface area contributed by atoms with E-state index in [0.29, 0.717) is 27.8 Å². The summed E-state index contributed by atoms with van der Waals surface area (Å²) >= 11 is 12.7. The normalized spacial score (nSPS) is 10.6. The molecule has 32 heavy (non-hydrogen) atoms. The highest BCUT2D eigenvalue weighted by Crippen LogP contribution is 2.32. The number of anilines is 1. The largest absolute Gasteiger partial charge is 0.354 e. The lowest BCUT2D eigenvalue weighted by Gasteiger charge is -2.12. The van der Waals surface area contributed by atoms with E-state index in [2.05, 4.69) is 20.7 Å². The van der Waals surface area contributed by atoms with Crippen LogP contribution in [0.25, 0.3) is 16.9 Å². The van der Waals surface area contributed by atoms with Crippen molar-refractivity contribution < 1.29 is 9.59 Å². The molecule has 0 unspecified atom stereocenters. The number of hydrogen-bond donors (Lipinski definition) is 2. The Morgan fingerprint density at radius 2 is 1.66 bits per heavy atom. The van der Waals surface area contributed by atoms with Crippen LogP contribution in [0.4, 0.5) is 5.82 Å². The van der Waals surface area contributed by atoms with E-state index < -0.39 is 5.91 Å². The van der Waals surface area contributed by atoms with E-state index in [-0.39, 0.29) is 22.2 Å². The molecule has 2 amide bonds. The maximum Gasteiger partial charge on any atom is 0.271 e. The lowest BCUT2D eigenvalue weighted by atomic mass is 10.1. The molecule has 0 saturated heterocycles. The van der Waals surface area contributed by atoms with Gasteiger partial charge >= 0.3 is 0 Å². The van der Waals surface area contributed by atoms with Gasteiger partial charge in [0, 0.05) is 24.9 Å². The lowest BCUT2D eigenvalue weighted by molar-refractivity contribution is 0.0956. The number of hydrogen-bond acceptors (Lipinski definition) is 4. The first-order valence-electron chi connectivity index (χ1n) is 9.57. The third-order valence-corrected chi connectivity index (χ3v) is 5.28. The van der Waals surface area contributed by atoms with Gasteiger partial charge in [-0.2, -0.15) is 5.10 Å². The number of halogens is 2. The average molecular weight is 466 g/mol. The number of para-hydroxylation sites is 1. The molecule has 2 aromatic heterocycles. The number of nitrogens with zero attached hydrogens (tertiary/aromatic N) is 3. The zero-order chi connectivity index (χ0) is 22.7. The first-order valence-corrected chi connectivity index (χ1v) is 10.3. The van der Waals surface area contributed by atoms with Crippen molar-refractivity contribution in [2.45, 2.75) is 0 Å². The van der Waals surface area contributed by atoms with Crippen molar-refractivity contribution in [3.05, 3.63) is 94.2 Å². The van der Waals surface area contributed by atoms with Crippen LogP contribution in [0.5, 0.6) is 0 Å². The molecule has 0 atom stereocenters. The van der Waals surface area contributed by atoms with Gasteiger partial charge in [-0.05, 0) is 36.4 Å². The van der Waals surface area contributed by atoms with Crippen LogP contribution in [0.1, 0.15) is 20.8 Å². The van der Waals surface area contributed by atoms with E-state index in [0.717, 1.165) is 0 Å². The summed E-state index contributed by atoms with van der Waals surface area (Å²) in [4.78, 5) is 29.6. The predicted octanol–water partition coefficient (Wildman–Crippen LogP) is 4.85. The monoisotopic (exact) mass is 465 g/mol. The standard InChI is InChI=1S/C23H17Cl2N5O2/c1-26-23(32)20-13-21(30(29-20)14-7-3-2-4-8-14)28-22(31)16-11-15(17(24)12-18(16)25)19-9-5-6-10-27-19/h2-13H,1H3,(H,26,32)(H,28,31). The van der Waals surface area contributed by atoms with Crippen LogP contribution in [0, 0.1) is 0 Å². The van der Waals surface area contributed by atoms with Gasteiger partial charge in [-0.25, -0.2) is 4.68 Å². The Balaban J connectivity index is 1.73. The second-order valence-electron chi connectivity index (χ2n) is 6.72. The Morgan fingerprint density at radius 3 is 2.34 bits per heavy atom. The van der Waals surface area contributed by atoms with Crippen LogP contribution in [-0.4, -0.2) is 33.6 Å². The molecule has 2 N–H and O–H groups in total. The highest BCUT2D eigenvalue weighted by molar-refractivity contribution is 6.38. The smallest absolute Gasteiger partial charge is 0.271 e. The van der Waals surface area contributed by atoms with Gasteiger partial charge < -0.3 is 10.6 Å². The topological polar surface area (TPSA) is 88.9 Å². The molecule has 0 radical (unpaired) electrons. The minimum atomic E-state index is -0.482. The fraction of sp³-hybridized carbons (Fsp3) is 0.0435. The summed E-state index contributed by atoms with van der Waals surface area (Å²) in [7, 11) is 1.51. The quantitative estimate of drug-likeness (QED) is 0.440. The lowest BCUT2D eigenvalue weighted by Crippen LogP contribution is -2.18. The molecule has 2 heterocycles. The molecule has 9 heteroatoms. The fourth-order valence-electron chi connectivity index (χ4n) is 3.10. The molecule has 0 spiro atoms. The van der Waals surface area contributed by atoms with Gasteiger partial charge in [-0.15, -0.1) is 0 Å². The summed E-state index contributed by atoms with van der Waals surface area (Å²) in [5.41, 5.74) is 2.22. The number of pyridine rings is 1. The van der Waals surface area contributed by atoms with Gasteiger partial charge in [0.2, 0.25) is 0 Å². The van der Waals surface area contributed by atoms with Crippen LogP contribution < -0.4 is 10.6 Å². The molecule has 0 aliphatic carbocycles. The number of aromatic nitrogens is 3. The number of nitrogens with one attached hydrogen (secondary N) is 2. The molecule has 160 valence electrons. The number of benzene rings is 2. The van der Waals surface area contributed by atoms with E-state index in [1.807, 2.05) is 36.4 Å². The van der Waals surface area contributed by atoms with Gasteiger partial charge in [0.05, 0.1) is 27.0 Å². The van der Waals surface area contributed by atoms with Crippen molar-refractivity contribution >= 4 is 40.8 Å². The first-order chi connectivity index (χ1) is 15.5.